The number of para-hydroxylation sites is 2. The summed E-state index contributed by atoms with van der Waals surface area (Å²) in [5.41, 5.74) is 2.25. The van der Waals surface area contributed by atoms with Crippen molar-refractivity contribution in [3.63, 3.8) is 0 Å². The molecule has 0 aliphatic heterocycles. The third-order valence-electron chi connectivity index (χ3n) is 4.96. The van der Waals surface area contributed by atoms with E-state index in [4.69, 9.17) is 0 Å². The van der Waals surface area contributed by atoms with Gasteiger partial charge in [-0.3, -0.25) is 14.8 Å². The van der Waals surface area contributed by atoms with E-state index in [0.717, 1.165) is 24.5 Å². The van der Waals surface area contributed by atoms with Crippen LogP contribution in [0.25, 0.3) is 22.4 Å². The standard InChI is InChI=1S/C23H19F2N5O4S/c1-13(28-22(31)14-9-15(34-23(24)25)11-16(10-14)35(2,32)33)20-21(19-12-26-7-8-27-19)30-18-6-4-3-5-17(18)29-20/h3-13,23H,1-2H3,(H,28,31)/t13-/m0/s1. The normalized spacial score (nSPS) is 12.5. The Hall–Kier alpha value is -4.06. The summed E-state index contributed by atoms with van der Waals surface area (Å²) >= 11 is 0. The second-order valence-electron chi connectivity index (χ2n) is 7.58. The SMILES string of the molecule is C[C@H](NC(=O)c1cc(OC(F)F)cc(S(C)(=O)=O)c1)c1nc2ccccc2nc1-c1cnccn1. The number of hydrogen-bond donors (Lipinski definition) is 1. The predicted molar refractivity (Wildman–Crippen MR) is 123 cm³/mol. The second kappa shape index (κ2) is 9.66. The molecular formula is C23H19F2N5O4S. The van der Waals surface area contributed by atoms with Gasteiger partial charge in [0, 0.05) is 24.2 Å². The van der Waals surface area contributed by atoms with Gasteiger partial charge in [-0.1, -0.05) is 12.1 Å². The van der Waals surface area contributed by atoms with Crippen molar-refractivity contribution < 1.29 is 26.7 Å². The molecule has 0 aliphatic carbocycles. The molecule has 180 valence electrons. The molecule has 35 heavy (non-hydrogen) atoms. The Morgan fingerprint density at radius 1 is 1.06 bits per heavy atom. The molecule has 0 spiro atoms. The van der Waals surface area contributed by atoms with Crippen LogP contribution in [-0.4, -0.2) is 47.1 Å². The van der Waals surface area contributed by atoms with E-state index in [2.05, 4.69) is 30.0 Å². The van der Waals surface area contributed by atoms with Crippen LogP contribution >= 0.6 is 0 Å². The van der Waals surface area contributed by atoms with Crippen LogP contribution in [0.2, 0.25) is 0 Å². The maximum absolute atomic E-state index is 13.0. The van der Waals surface area contributed by atoms with Gasteiger partial charge in [-0.05, 0) is 37.3 Å². The number of nitrogens with zero attached hydrogens (tertiary/aromatic N) is 4. The summed E-state index contributed by atoms with van der Waals surface area (Å²) < 4.78 is 53.9. The lowest BCUT2D eigenvalue weighted by molar-refractivity contribution is -0.0500. The number of rotatable bonds is 7. The van der Waals surface area contributed by atoms with Gasteiger partial charge in [0.05, 0.1) is 33.9 Å². The number of carbonyl (C=O) groups excluding carboxylic acids is 1. The number of sulfone groups is 1. The Balaban J connectivity index is 1.73. The number of amides is 1. The summed E-state index contributed by atoms with van der Waals surface area (Å²) in [5.74, 6) is -1.17. The van der Waals surface area contributed by atoms with Crippen molar-refractivity contribution in [2.45, 2.75) is 24.5 Å². The summed E-state index contributed by atoms with van der Waals surface area (Å²) in [5, 5.41) is 2.72. The molecule has 1 amide bonds. The van der Waals surface area contributed by atoms with Crippen molar-refractivity contribution in [3.8, 4) is 17.1 Å². The van der Waals surface area contributed by atoms with Crippen LogP contribution in [0.3, 0.4) is 0 Å². The lowest BCUT2D eigenvalue weighted by Crippen LogP contribution is -2.28. The van der Waals surface area contributed by atoms with Gasteiger partial charge in [-0.15, -0.1) is 0 Å². The largest absolute Gasteiger partial charge is 0.435 e. The molecule has 4 rings (SSSR count). The van der Waals surface area contributed by atoms with Crippen LogP contribution in [0.1, 0.15) is 29.0 Å². The molecular weight excluding hydrogens is 480 g/mol. The van der Waals surface area contributed by atoms with Crippen molar-refractivity contribution in [3.05, 3.63) is 72.3 Å². The molecule has 0 radical (unpaired) electrons. The van der Waals surface area contributed by atoms with Crippen LogP contribution < -0.4 is 10.1 Å². The lowest BCUT2D eigenvalue weighted by atomic mass is 10.1. The Morgan fingerprint density at radius 2 is 1.77 bits per heavy atom. The number of halogens is 2. The fraction of sp³-hybridized carbons (Fsp3) is 0.174. The van der Waals surface area contributed by atoms with Gasteiger partial charge < -0.3 is 10.1 Å². The number of ether oxygens (including phenoxy) is 1. The topological polar surface area (TPSA) is 124 Å². The zero-order valence-corrected chi connectivity index (χ0v) is 19.3. The number of fused-ring (bicyclic) bond motifs is 1. The molecule has 12 heteroatoms. The minimum atomic E-state index is -3.81. The Kier molecular flexibility index (Phi) is 6.65. The number of hydrogen-bond acceptors (Lipinski definition) is 8. The Labute approximate surface area is 199 Å². The molecule has 0 aliphatic rings. The van der Waals surface area contributed by atoms with E-state index in [-0.39, 0.29) is 10.5 Å². The summed E-state index contributed by atoms with van der Waals surface area (Å²) in [4.78, 5) is 30.3. The first kappa shape index (κ1) is 24.1. The quantitative estimate of drug-likeness (QED) is 0.409. The third kappa shape index (κ3) is 5.54. The van der Waals surface area contributed by atoms with E-state index in [9.17, 15) is 22.0 Å². The van der Waals surface area contributed by atoms with Crippen molar-refractivity contribution in [2.75, 3.05) is 6.26 Å². The lowest BCUT2D eigenvalue weighted by Gasteiger charge is -2.18. The van der Waals surface area contributed by atoms with E-state index in [1.54, 1.807) is 25.1 Å². The van der Waals surface area contributed by atoms with Gasteiger partial charge in [0.2, 0.25) is 0 Å². The molecule has 9 nitrogen and oxygen atoms in total. The Morgan fingerprint density at radius 3 is 2.40 bits per heavy atom. The van der Waals surface area contributed by atoms with Crippen LogP contribution in [0.15, 0.2) is 66.0 Å². The predicted octanol–water partition coefficient (Wildman–Crippen LogP) is 3.58. The van der Waals surface area contributed by atoms with Crippen LogP contribution in [0.5, 0.6) is 5.75 Å². The average molecular weight is 499 g/mol. The smallest absolute Gasteiger partial charge is 0.387 e. The summed E-state index contributed by atoms with van der Waals surface area (Å²) in [6.07, 6.45) is 5.42. The number of benzene rings is 2. The first-order chi connectivity index (χ1) is 16.6. The van der Waals surface area contributed by atoms with Crippen LogP contribution in [-0.2, 0) is 9.84 Å². The van der Waals surface area contributed by atoms with Crippen molar-refractivity contribution in [1.82, 2.24) is 25.3 Å². The molecule has 0 bridgehead atoms. The molecule has 4 aromatic rings. The first-order valence-electron chi connectivity index (χ1n) is 10.3. The maximum atomic E-state index is 13.0. The molecule has 0 fully saturated rings. The number of alkyl halides is 2. The highest BCUT2D eigenvalue weighted by molar-refractivity contribution is 7.90. The molecule has 2 heterocycles. The van der Waals surface area contributed by atoms with Gasteiger partial charge in [0.25, 0.3) is 5.91 Å². The molecule has 0 saturated heterocycles. The van der Waals surface area contributed by atoms with E-state index < -0.39 is 34.1 Å². The van der Waals surface area contributed by atoms with Crippen LogP contribution in [0, 0.1) is 0 Å². The average Bonchev–Trinajstić information content (AvgIpc) is 2.82. The number of carbonyl (C=O) groups is 1. The molecule has 0 saturated carbocycles. The fourth-order valence-corrected chi connectivity index (χ4v) is 4.03. The third-order valence-corrected chi connectivity index (χ3v) is 6.05. The molecule has 0 unspecified atom stereocenters. The maximum Gasteiger partial charge on any atom is 0.387 e. The van der Waals surface area contributed by atoms with Gasteiger partial charge in [-0.25, -0.2) is 18.4 Å². The highest BCUT2D eigenvalue weighted by atomic mass is 32.2. The summed E-state index contributed by atoms with van der Waals surface area (Å²) in [7, 11) is -3.81. The highest BCUT2D eigenvalue weighted by Crippen LogP contribution is 2.27. The fourth-order valence-electron chi connectivity index (χ4n) is 3.36. The van der Waals surface area contributed by atoms with Crippen molar-refractivity contribution in [2.24, 2.45) is 0 Å². The van der Waals surface area contributed by atoms with Gasteiger partial charge in [0.15, 0.2) is 9.84 Å². The first-order valence-corrected chi connectivity index (χ1v) is 12.1. The van der Waals surface area contributed by atoms with E-state index in [1.807, 2.05) is 6.07 Å². The molecule has 2 aromatic heterocycles. The second-order valence-corrected chi connectivity index (χ2v) is 9.59. The monoisotopic (exact) mass is 499 g/mol. The minimum Gasteiger partial charge on any atom is -0.435 e. The number of aromatic nitrogens is 4. The Bertz CT molecular complexity index is 1500. The molecule has 1 atom stereocenters. The highest BCUT2D eigenvalue weighted by Gasteiger charge is 2.22. The van der Waals surface area contributed by atoms with Gasteiger partial charge in [-0.2, -0.15) is 8.78 Å². The number of nitrogens with one attached hydrogen (secondary N) is 1. The van der Waals surface area contributed by atoms with Crippen molar-refractivity contribution >= 4 is 26.8 Å². The van der Waals surface area contributed by atoms with Crippen molar-refractivity contribution in [1.29, 1.82) is 0 Å². The summed E-state index contributed by atoms with van der Waals surface area (Å²) in [6, 6.07) is 9.51. The molecule has 2 aromatic carbocycles. The molecule has 1 N–H and O–H groups in total. The van der Waals surface area contributed by atoms with E-state index >= 15 is 0 Å². The zero-order chi connectivity index (χ0) is 25.2. The van der Waals surface area contributed by atoms with E-state index in [1.165, 1.54) is 18.6 Å². The van der Waals surface area contributed by atoms with Gasteiger partial charge >= 0.3 is 6.61 Å². The van der Waals surface area contributed by atoms with Crippen LogP contribution in [0.4, 0.5) is 8.78 Å². The zero-order valence-electron chi connectivity index (χ0n) is 18.5. The minimum absolute atomic E-state index is 0.176. The summed E-state index contributed by atoms with van der Waals surface area (Å²) in [6.45, 7) is -1.53. The van der Waals surface area contributed by atoms with E-state index in [0.29, 0.717) is 28.1 Å². The van der Waals surface area contributed by atoms with Gasteiger partial charge in [0.1, 0.15) is 17.1 Å².